The number of rotatable bonds is 0. The van der Waals surface area contributed by atoms with E-state index in [0.717, 1.165) is 202 Å². The molecule has 680 valence electrons. The topological polar surface area (TPSA) is 199 Å². The third-order valence-electron chi connectivity index (χ3n) is 23.3. The molecule has 0 radical (unpaired) electrons. The Labute approximate surface area is 760 Å². The largest absolute Gasteiger partial charge is 0.377 e. The van der Waals surface area contributed by atoms with Gasteiger partial charge in [0, 0.05) is 207 Å². The van der Waals surface area contributed by atoms with Gasteiger partial charge in [0.05, 0.1) is 158 Å². The van der Waals surface area contributed by atoms with Crippen LogP contribution in [-0.4, -0.2) is 352 Å². The molecule has 30 heterocycles. The second-order valence-corrected chi connectivity index (χ2v) is 33.3. The standard InChI is InChI=1S/C104H136N16O8/c1-17-97-18-2-89(1)73-105-33-57-121-65-66-122-58-34-106-76-92-9-25-101(26-10-92)85-117-49-51-118-53-55-120-56-54-119(52-50-117)87-103-29-13-95(14-30-103)79-111-39-63-127-70-68-124-60-36-108-75-91-5-21-99(22-6-91)83-115-44-42-113(81-97)41-43-114(82-98-19-3-90(4-20-98)74-107-35-59-123-67-69-126-62-38-110-78-94-11-27-102(86-118)28-12-94)45-47-116(48-46-115)84-100-23-7-93(8-24-100)77-109-37-61-125-71-72-128-64-40-112-80-96-15-31-104(88-120)32-16-96/h1-32,73-80H,33-72,81-88H2. The van der Waals surface area contributed by atoms with Crippen LogP contribution in [0.25, 0.3) is 0 Å². The maximum atomic E-state index is 5.98. The van der Waals surface area contributed by atoms with Gasteiger partial charge in [-0.2, -0.15) is 0 Å². The molecular weight excluding hydrogens is 1600 g/mol. The van der Waals surface area contributed by atoms with Crippen molar-refractivity contribution >= 4 is 49.7 Å². The van der Waals surface area contributed by atoms with E-state index < -0.39 is 0 Å². The van der Waals surface area contributed by atoms with Crippen molar-refractivity contribution in [1.82, 2.24) is 39.2 Å². The molecule has 38 rings (SSSR count). The molecule has 30 aliphatic heterocycles. The highest BCUT2D eigenvalue weighted by Crippen LogP contribution is 2.20. The number of hydrogen-bond donors (Lipinski definition) is 0. The van der Waals surface area contributed by atoms with E-state index in [4.69, 9.17) is 77.8 Å². The van der Waals surface area contributed by atoms with Crippen LogP contribution in [0.2, 0.25) is 0 Å². The summed E-state index contributed by atoms with van der Waals surface area (Å²) in [5.74, 6) is 0. The molecule has 2 saturated heterocycles. The van der Waals surface area contributed by atoms with Gasteiger partial charge in [-0.3, -0.25) is 79.1 Å². The van der Waals surface area contributed by atoms with E-state index in [0.29, 0.717) is 158 Å². The number of ether oxygens (including phenoxy) is 8. The molecule has 0 atom stereocenters. The van der Waals surface area contributed by atoms with Crippen molar-refractivity contribution in [2.75, 3.05) is 263 Å². The van der Waals surface area contributed by atoms with E-state index in [1.165, 1.54) is 44.5 Å². The average molecular weight is 1740 g/mol. The molecule has 0 N–H and O–H groups in total. The fraction of sp³-hybridized carbons (Fsp3) is 0.462. The lowest BCUT2D eigenvalue weighted by Crippen LogP contribution is -2.45. The van der Waals surface area contributed by atoms with E-state index in [-0.39, 0.29) is 0 Å². The Balaban J connectivity index is 0.779. The van der Waals surface area contributed by atoms with Crippen molar-refractivity contribution in [3.63, 3.8) is 0 Å². The summed E-state index contributed by atoms with van der Waals surface area (Å²) in [5, 5.41) is 0. The van der Waals surface area contributed by atoms with Gasteiger partial charge in [-0.25, -0.2) is 0 Å². The van der Waals surface area contributed by atoms with Crippen LogP contribution < -0.4 is 0 Å². The first-order valence-electron chi connectivity index (χ1n) is 46.5. The summed E-state index contributed by atoms with van der Waals surface area (Å²) >= 11 is 0. The van der Waals surface area contributed by atoms with Gasteiger partial charge < -0.3 is 37.9 Å². The first-order chi connectivity index (χ1) is 63.4. The fourth-order valence-corrected chi connectivity index (χ4v) is 15.7. The summed E-state index contributed by atoms with van der Waals surface area (Å²) in [5.41, 5.74) is 18.7. The minimum Gasteiger partial charge on any atom is -0.377 e. The monoisotopic (exact) mass is 1740 g/mol. The normalized spacial score (nSPS) is 23.5. The molecule has 128 heavy (non-hydrogen) atoms. The van der Waals surface area contributed by atoms with Crippen molar-refractivity contribution < 1.29 is 37.9 Å². The van der Waals surface area contributed by atoms with Gasteiger partial charge >= 0.3 is 0 Å². The average Bonchev–Trinajstić information content (AvgIpc) is 0.870. The maximum Gasteiger partial charge on any atom is 0.0701 e. The molecule has 0 saturated carbocycles. The molecule has 24 heteroatoms. The van der Waals surface area contributed by atoms with Gasteiger partial charge in [0.1, 0.15) is 0 Å². The second-order valence-electron chi connectivity index (χ2n) is 33.3. The Morgan fingerprint density at radius 1 is 0.133 bits per heavy atom. The number of aliphatic imine (C=N–C) groups is 8. The van der Waals surface area contributed by atoms with Crippen LogP contribution in [0.1, 0.15) is 89.0 Å². The molecule has 0 aromatic heterocycles. The van der Waals surface area contributed by atoms with E-state index in [2.05, 4.69) is 233 Å². The molecule has 30 aliphatic rings. The number of nitrogens with zero attached hydrogens (tertiary/aromatic N) is 16. The van der Waals surface area contributed by atoms with Crippen LogP contribution in [0.15, 0.2) is 234 Å². The van der Waals surface area contributed by atoms with E-state index >= 15 is 0 Å². The number of benzene rings is 8. The van der Waals surface area contributed by atoms with Crippen LogP contribution in [-0.2, 0) is 90.3 Å². The molecular formula is C104H136N16O8. The van der Waals surface area contributed by atoms with Crippen molar-refractivity contribution in [3.8, 4) is 0 Å². The Morgan fingerprint density at radius 3 is 0.336 bits per heavy atom. The van der Waals surface area contributed by atoms with Gasteiger partial charge in [-0.15, -0.1) is 0 Å². The molecule has 8 aromatic rings. The molecule has 0 unspecified atom stereocenters. The lowest BCUT2D eigenvalue weighted by atomic mass is 10.1. The van der Waals surface area contributed by atoms with Crippen molar-refractivity contribution in [3.05, 3.63) is 283 Å². The van der Waals surface area contributed by atoms with Gasteiger partial charge in [0.15, 0.2) is 0 Å². The van der Waals surface area contributed by atoms with Gasteiger partial charge in [-0.05, 0) is 89.0 Å². The zero-order valence-corrected chi connectivity index (χ0v) is 75.5. The minimum atomic E-state index is 0.499. The molecule has 0 aliphatic carbocycles. The van der Waals surface area contributed by atoms with E-state index in [1.54, 1.807) is 0 Å². The summed E-state index contributed by atoms with van der Waals surface area (Å²) in [4.78, 5) is 59.3. The van der Waals surface area contributed by atoms with Crippen LogP contribution in [0.3, 0.4) is 0 Å². The van der Waals surface area contributed by atoms with Crippen LogP contribution in [0, 0.1) is 0 Å². The van der Waals surface area contributed by atoms with Crippen LogP contribution >= 0.6 is 0 Å². The molecule has 2 fully saturated rings. The molecule has 0 amide bonds. The highest BCUT2D eigenvalue weighted by atomic mass is 16.5. The van der Waals surface area contributed by atoms with Crippen molar-refractivity contribution in [2.24, 2.45) is 39.9 Å². The lowest BCUT2D eigenvalue weighted by molar-refractivity contribution is 0.0541. The van der Waals surface area contributed by atoms with Gasteiger partial charge in [-0.1, -0.05) is 194 Å². The first-order valence-corrected chi connectivity index (χ1v) is 46.5. The Morgan fingerprint density at radius 2 is 0.234 bits per heavy atom. The third kappa shape index (κ3) is 37.9. The maximum absolute atomic E-state index is 5.98. The zero-order chi connectivity index (χ0) is 87.4. The summed E-state index contributed by atoms with van der Waals surface area (Å²) in [7, 11) is 0. The van der Waals surface area contributed by atoms with Gasteiger partial charge in [0.25, 0.3) is 0 Å². The smallest absolute Gasteiger partial charge is 0.0701 e. The Hall–Kier alpha value is -9.52. The zero-order valence-electron chi connectivity index (χ0n) is 75.5. The summed E-state index contributed by atoms with van der Waals surface area (Å²) < 4.78 is 47.8. The highest BCUT2D eigenvalue weighted by molar-refractivity contribution is 5.83. The molecule has 8 aromatic carbocycles. The van der Waals surface area contributed by atoms with E-state index in [9.17, 15) is 0 Å². The third-order valence-corrected chi connectivity index (χ3v) is 23.3. The summed E-state index contributed by atoms with van der Waals surface area (Å²) in [6.45, 7) is 33.7. The highest BCUT2D eigenvalue weighted by Gasteiger charge is 2.22. The van der Waals surface area contributed by atoms with Crippen LogP contribution in [0.5, 0.6) is 0 Å². The summed E-state index contributed by atoms with van der Waals surface area (Å²) in [6, 6.07) is 71.4. The lowest BCUT2D eigenvalue weighted by Gasteiger charge is -2.34. The first kappa shape index (κ1) is 96.0. The molecule has 24 nitrogen and oxygen atoms in total. The van der Waals surface area contributed by atoms with Crippen LogP contribution in [0.4, 0.5) is 0 Å². The summed E-state index contributed by atoms with van der Waals surface area (Å²) in [6.07, 6.45) is 15.7. The Bertz CT molecular complexity index is 3720. The Kier molecular flexibility index (Phi) is 43.2. The SMILES string of the molecule is C1=NCCOCCOCCN=Cc2ccc(cc2)CN2CCN3CCN4CCN(CC2)Cc2ccc(cc2)C=NCCOCCOCCN=Cc2ccc(cc2)CN2CCN(CCN(CCN(CC2)Cc2ccc(cc2)C=NCCOCCOCCN=Cc2ccc(cc2)C4)Cc2ccc(cc2)C=NCCOCCOCCN=Cc2ccc(cc2)C3)Cc2ccc1cc2. The van der Waals surface area contributed by atoms with Crippen molar-refractivity contribution in [2.45, 2.75) is 52.4 Å². The quantitative estimate of drug-likeness (QED) is 0.139. The minimum absolute atomic E-state index is 0.499. The van der Waals surface area contributed by atoms with Crippen molar-refractivity contribution in [1.29, 1.82) is 0 Å². The number of hydrogen-bond acceptors (Lipinski definition) is 24. The fourth-order valence-electron chi connectivity index (χ4n) is 15.7. The predicted molar refractivity (Wildman–Crippen MR) is 520 cm³/mol. The van der Waals surface area contributed by atoms with Gasteiger partial charge in [0.2, 0.25) is 0 Å². The molecule has 24 bridgehead atoms. The predicted octanol–water partition coefficient (Wildman–Crippen LogP) is 11.6. The molecule has 0 spiro atoms. The second kappa shape index (κ2) is 57.5. The van der Waals surface area contributed by atoms with E-state index in [1.807, 2.05) is 49.7 Å².